The van der Waals surface area contributed by atoms with Crippen LogP contribution in [-0.2, 0) is 17.8 Å². The van der Waals surface area contributed by atoms with Crippen LogP contribution in [0.3, 0.4) is 0 Å². The van der Waals surface area contributed by atoms with Crippen LogP contribution in [0.5, 0.6) is 0 Å². The number of carbonyl (C=O) groups is 1. The average molecular weight is 311 g/mol. The number of aliphatic carboxylic acids is 1. The molecule has 0 fully saturated rings. The molecule has 0 aromatic heterocycles. The zero-order chi connectivity index (χ0) is 12.4. The lowest BCUT2D eigenvalue weighted by atomic mass is 9.99. The van der Waals surface area contributed by atoms with Gasteiger partial charge in [0.05, 0.1) is 6.42 Å². The molecule has 1 aliphatic heterocycles. The fraction of sp³-hybridized carbons (Fsp3) is 0.417. The number of hydrogen-bond acceptors (Lipinski definition) is 2. The minimum Gasteiger partial charge on any atom is -0.481 e. The maximum atomic E-state index is 10.5. The molecule has 0 saturated carbocycles. The van der Waals surface area contributed by atoms with Gasteiger partial charge in [0, 0.05) is 29.7 Å². The number of nitrogens with zero attached hydrogens (tertiary/aromatic N) is 1. The molecule has 1 aromatic rings. The Morgan fingerprint density at radius 1 is 1.39 bits per heavy atom. The molecule has 0 unspecified atom stereocenters. The predicted octanol–water partition coefficient (Wildman–Crippen LogP) is 3.25. The molecule has 1 aromatic carbocycles. The van der Waals surface area contributed by atoms with E-state index >= 15 is 0 Å². The highest BCUT2D eigenvalue weighted by molar-refractivity contribution is 6.35. The van der Waals surface area contributed by atoms with Gasteiger partial charge in [-0.2, -0.15) is 0 Å². The van der Waals surface area contributed by atoms with Gasteiger partial charge in [-0.1, -0.05) is 23.2 Å². The van der Waals surface area contributed by atoms with Gasteiger partial charge in [-0.15, -0.1) is 12.4 Å². The molecule has 3 nitrogen and oxygen atoms in total. The number of halogens is 3. The fourth-order valence-electron chi connectivity index (χ4n) is 2.08. The van der Waals surface area contributed by atoms with Gasteiger partial charge in [0.15, 0.2) is 0 Å². The van der Waals surface area contributed by atoms with Crippen molar-refractivity contribution in [3.05, 3.63) is 33.3 Å². The summed E-state index contributed by atoms with van der Waals surface area (Å²) in [7, 11) is 0. The molecule has 1 aliphatic rings. The molecule has 0 radical (unpaired) electrons. The quantitative estimate of drug-likeness (QED) is 0.931. The van der Waals surface area contributed by atoms with Crippen LogP contribution in [0.15, 0.2) is 12.1 Å². The Kier molecular flexibility index (Phi) is 5.73. The fourth-order valence-corrected chi connectivity index (χ4v) is 2.68. The number of carboxylic acids is 1. The summed E-state index contributed by atoms with van der Waals surface area (Å²) in [5, 5.41) is 9.99. The predicted molar refractivity (Wildman–Crippen MR) is 74.9 cm³/mol. The summed E-state index contributed by atoms with van der Waals surface area (Å²) in [6.45, 7) is 2.13. The van der Waals surface area contributed by atoms with Crippen molar-refractivity contribution in [2.75, 3.05) is 13.1 Å². The molecule has 100 valence electrons. The number of carboxylic acid groups (broad SMARTS) is 1. The van der Waals surface area contributed by atoms with Crippen molar-refractivity contribution in [3.8, 4) is 0 Å². The van der Waals surface area contributed by atoms with Gasteiger partial charge in [-0.05, 0) is 29.7 Å². The highest BCUT2D eigenvalue weighted by Gasteiger charge is 2.19. The van der Waals surface area contributed by atoms with Crippen molar-refractivity contribution < 1.29 is 9.90 Å². The zero-order valence-electron chi connectivity index (χ0n) is 9.66. The summed E-state index contributed by atoms with van der Waals surface area (Å²) in [4.78, 5) is 12.6. The van der Waals surface area contributed by atoms with E-state index in [4.69, 9.17) is 28.3 Å². The van der Waals surface area contributed by atoms with Crippen molar-refractivity contribution in [1.29, 1.82) is 0 Å². The first-order valence-corrected chi connectivity index (χ1v) is 6.23. The molecule has 0 bridgehead atoms. The van der Waals surface area contributed by atoms with E-state index in [9.17, 15) is 4.79 Å². The summed E-state index contributed by atoms with van der Waals surface area (Å²) in [6.07, 6.45) is 1.04. The third-order valence-electron chi connectivity index (χ3n) is 2.97. The van der Waals surface area contributed by atoms with Gasteiger partial charge in [-0.3, -0.25) is 9.69 Å². The SMILES string of the molecule is Cl.O=C(O)CCN1CCc2cc(Cl)cc(Cl)c2C1. The summed E-state index contributed by atoms with van der Waals surface area (Å²) < 4.78 is 0. The molecule has 0 spiro atoms. The Morgan fingerprint density at radius 2 is 2.11 bits per heavy atom. The second-order valence-corrected chi connectivity index (χ2v) is 5.04. The Morgan fingerprint density at radius 3 is 2.78 bits per heavy atom. The van der Waals surface area contributed by atoms with E-state index in [2.05, 4.69) is 4.90 Å². The van der Waals surface area contributed by atoms with E-state index in [1.165, 1.54) is 5.56 Å². The number of hydrogen-bond donors (Lipinski definition) is 1. The first-order valence-electron chi connectivity index (χ1n) is 5.47. The third kappa shape index (κ3) is 3.75. The first kappa shape index (κ1) is 15.6. The van der Waals surface area contributed by atoms with Crippen molar-refractivity contribution in [2.45, 2.75) is 19.4 Å². The summed E-state index contributed by atoms with van der Waals surface area (Å²) in [5.41, 5.74) is 2.25. The Hall–Kier alpha value is -0.480. The van der Waals surface area contributed by atoms with E-state index in [1.807, 2.05) is 6.07 Å². The maximum Gasteiger partial charge on any atom is 0.304 e. The van der Waals surface area contributed by atoms with Gasteiger partial charge >= 0.3 is 5.97 Å². The van der Waals surface area contributed by atoms with Crippen LogP contribution in [0.4, 0.5) is 0 Å². The molecule has 0 saturated heterocycles. The van der Waals surface area contributed by atoms with E-state index in [0.29, 0.717) is 23.1 Å². The van der Waals surface area contributed by atoms with Crippen LogP contribution < -0.4 is 0 Å². The van der Waals surface area contributed by atoms with Crippen LogP contribution in [0, 0.1) is 0 Å². The molecule has 2 rings (SSSR count). The van der Waals surface area contributed by atoms with Crippen LogP contribution >= 0.6 is 35.6 Å². The first-order chi connectivity index (χ1) is 8.06. The molecule has 0 aliphatic carbocycles. The standard InChI is InChI=1S/C12H13Cl2NO2.ClH/c13-9-5-8-1-3-15(4-2-12(16)17)7-10(8)11(14)6-9;/h5-6H,1-4,7H2,(H,16,17);1H. The largest absolute Gasteiger partial charge is 0.481 e. The van der Waals surface area contributed by atoms with Gasteiger partial charge in [0.25, 0.3) is 0 Å². The molecular weight excluding hydrogens is 296 g/mol. The summed E-state index contributed by atoms with van der Waals surface area (Å²) >= 11 is 12.1. The van der Waals surface area contributed by atoms with E-state index in [-0.39, 0.29) is 18.8 Å². The lowest BCUT2D eigenvalue weighted by Gasteiger charge is -2.29. The topological polar surface area (TPSA) is 40.5 Å². The summed E-state index contributed by atoms with van der Waals surface area (Å²) in [5.74, 6) is -0.766. The Balaban J connectivity index is 0.00000162. The van der Waals surface area contributed by atoms with Gasteiger partial charge in [-0.25, -0.2) is 0 Å². The average Bonchev–Trinajstić information content (AvgIpc) is 2.26. The highest BCUT2D eigenvalue weighted by atomic mass is 35.5. The second-order valence-electron chi connectivity index (χ2n) is 4.20. The van der Waals surface area contributed by atoms with Gasteiger partial charge in [0.1, 0.15) is 0 Å². The van der Waals surface area contributed by atoms with Crippen molar-refractivity contribution in [3.63, 3.8) is 0 Å². The number of rotatable bonds is 3. The molecule has 1 N–H and O–H groups in total. The normalized spacial score (nSPS) is 14.8. The molecular formula is C12H14Cl3NO2. The lowest BCUT2D eigenvalue weighted by Crippen LogP contribution is -2.32. The van der Waals surface area contributed by atoms with Crippen LogP contribution in [0.1, 0.15) is 17.5 Å². The molecule has 0 amide bonds. The smallest absolute Gasteiger partial charge is 0.304 e. The Labute approximate surface area is 122 Å². The zero-order valence-corrected chi connectivity index (χ0v) is 12.0. The lowest BCUT2D eigenvalue weighted by molar-refractivity contribution is -0.137. The van der Waals surface area contributed by atoms with E-state index in [0.717, 1.165) is 18.5 Å². The number of fused-ring (bicyclic) bond motifs is 1. The van der Waals surface area contributed by atoms with Crippen molar-refractivity contribution >= 4 is 41.6 Å². The van der Waals surface area contributed by atoms with Crippen molar-refractivity contribution in [1.82, 2.24) is 4.90 Å². The highest BCUT2D eigenvalue weighted by Crippen LogP contribution is 2.29. The molecule has 0 atom stereocenters. The second kappa shape index (κ2) is 6.62. The van der Waals surface area contributed by atoms with Gasteiger partial charge in [0.2, 0.25) is 0 Å². The third-order valence-corrected chi connectivity index (χ3v) is 3.53. The van der Waals surface area contributed by atoms with Crippen LogP contribution in [0.25, 0.3) is 0 Å². The van der Waals surface area contributed by atoms with E-state index in [1.54, 1.807) is 6.07 Å². The van der Waals surface area contributed by atoms with Crippen molar-refractivity contribution in [2.24, 2.45) is 0 Å². The van der Waals surface area contributed by atoms with Gasteiger partial charge < -0.3 is 5.11 Å². The summed E-state index contributed by atoms with van der Waals surface area (Å²) in [6, 6.07) is 3.68. The van der Waals surface area contributed by atoms with E-state index < -0.39 is 5.97 Å². The monoisotopic (exact) mass is 309 g/mol. The molecule has 1 heterocycles. The van der Waals surface area contributed by atoms with Crippen LogP contribution in [0.2, 0.25) is 10.0 Å². The van der Waals surface area contributed by atoms with Crippen LogP contribution in [-0.4, -0.2) is 29.1 Å². The minimum atomic E-state index is -0.766. The number of benzene rings is 1. The maximum absolute atomic E-state index is 10.5. The molecule has 18 heavy (non-hydrogen) atoms. The Bertz CT molecular complexity index is 451. The minimum absolute atomic E-state index is 0. The molecule has 6 heteroatoms.